The predicted molar refractivity (Wildman–Crippen MR) is 44.8 cm³/mol. The molecule has 0 saturated carbocycles. The number of carbonyl (C=O) groups excluding carboxylic acids is 1. The summed E-state index contributed by atoms with van der Waals surface area (Å²) in [6, 6.07) is 0. The van der Waals surface area contributed by atoms with Crippen LogP contribution >= 0.6 is 0 Å². The quantitative estimate of drug-likeness (QED) is 0.652. The average molecular weight is 182 g/mol. The lowest BCUT2D eigenvalue weighted by atomic mass is 10.0. The Labute approximate surface area is 75.5 Å². The second kappa shape index (κ2) is 3.89. The van der Waals surface area contributed by atoms with Crippen LogP contribution in [-0.2, 0) is 14.3 Å². The lowest BCUT2D eigenvalue weighted by Crippen LogP contribution is -2.10. The number of carboxylic acids is 1. The molecule has 1 aliphatic carbocycles. The van der Waals surface area contributed by atoms with Gasteiger partial charge in [0.2, 0.25) is 0 Å². The third-order valence-corrected chi connectivity index (χ3v) is 1.64. The topological polar surface area (TPSA) is 63.6 Å². The number of carbonyl (C=O) groups is 2. The Morgan fingerprint density at radius 1 is 1.54 bits per heavy atom. The number of hydrogen-bond acceptors (Lipinski definition) is 3. The minimum absolute atomic E-state index is 0.159. The van der Waals surface area contributed by atoms with Crippen LogP contribution in [0.15, 0.2) is 23.5 Å². The van der Waals surface area contributed by atoms with Crippen LogP contribution in [0.3, 0.4) is 0 Å². The Morgan fingerprint density at radius 3 is 2.77 bits per heavy atom. The predicted octanol–water partition coefficient (Wildman–Crippen LogP) is 1.24. The van der Waals surface area contributed by atoms with Crippen LogP contribution in [-0.4, -0.2) is 17.0 Å². The van der Waals surface area contributed by atoms with Crippen LogP contribution in [0, 0.1) is 0 Å². The first-order valence-electron chi connectivity index (χ1n) is 3.92. The normalized spacial score (nSPS) is 15.8. The monoisotopic (exact) mass is 182 g/mol. The molecule has 0 aromatic carbocycles. The molecule has 0 aliphatic heterocycles. The zero-order valence-electron chi connectivity index (χ0n) is 7.24. The lowest BCUT2D eigenvalue weighted by Gasteiger charge is -2.11. The van der Waals surface area contributed by atoms with Crippen molar-refractivity contribution in [1.29, 1.82) is 0 Å². The van der Waals surface area contributed by atoms with Crippen LogP contribution in [0.4, 0.5) is 0 Å². The Morgan fingerprint density at radius 2 is 2.23 bits per heavy atom. The Bertz CT molecular complexity index is 299. The number of aliphatic carboxylic acids is 1. The smallest absolute Gasteiger partial charge is 0.335 e. The summed E-state index contributed by atoms with van der Waals surface area (Å²) < 4.78 is 4.74. The van der Waals surface area contributed by atoms with Crippen LogP contribution in [0.25, 0.3) is 0 Å². The summed E-state index contributed by atoms with van der Waals surface area (Å²) in [4.78, 5) is 21.3. The van der Waals surface area contributed by atoms with Crippen molar-refractivity contribution < 1.29 is 19.4 Å². The summed E-state index contributed by atoms with van der Waals surface area (Å²) in [7, 11) is 0. The summed E-state index contributed by atoms with van der Waals surface area (Å²) >= 11 is 0. The van der Waals surface area contributed by atoms with Crippen molar-refractivity contribution in [3.05, 3.63) is 23.5 Å². The number of ether oxygens (including phenoxy) is 1. The number of rotatable bonds is 2. The molecule has 13 heavy (non-hydrogen) atoms. The maximum Gasteiger partial charge on any atom is 0.335 e. The molecule has 0 spiro atoms. The molecule has 0 radical (unpaired) electrons. The van der Waals surface area contributed by atoms with Gasteiger partial charge in [-0.25, -0.2) is 4.79 Å². The number of esters is 1. The van der Waals surface area contributed by atoms with E-state index in [0.29, 0.717) is 12.8 Å². The van der Waals surface area contributed by atoms with Gasteiger partial charge in [0.15, 0.2) is 0 Å². The molecule has 0 aromatic heterocycles. The van der Waals surface area contributed by atoms with Gasteiger partial charge in [-0.3, -0.25) is 4.79 Å². The maximum absolute atomic E-state index is 10.7. The fraction of sp³-hybridized carbons (Fsp3) is 0.333. The molecule has 1 N–H and O–H groups in total. The van der Waals surface area contributed by atoms with E-state index in [9.17, 15) is 9.59 Å². The largest absolute Gasteiger partial charge is 0.478 e. The molecule has 1 aliphatic rings. The first kappa shape index (κ1) is 9.51. The van der Waals surface area contributed by atoms with E-state index in [1.54, 1.807) is 6.08 Å². The third kappa shape index (κ3) is 2.43. The highest BCUT2D eigenvalue weighted by molar-refractivity contribution is 5.88. The molecule has 4 heteroatoms. The van der Waals surface area contributed by atoms with Crippen LogP contribution in [0.2, 0.25) is 0 Å². The van der Waals surface area contributed by atoms with Crippen molar-refractivity contribution in [2.24, 2.45) is 0 Å². The third-order valence-electron chi connectivity index (χ3n) is 1.64. The summed E-state index contributed by atoms with van der Waals surface area (Å²) in [5.74, 6) is -1.37. The number of carboxylic acid groups (broad SMARTS) is 1. The van der Waals surface area contributed by atoms with Gasteiger partial charge in [0.05, 0.1) is 5.57 Å². The molecule has 0 fully saturated rings. The fourth-order valence-electron chi connectivity index (χ4n) is 1.10. The maximum atomic E-state index is 10.7. The van der Waals surface area contributed by atoms with Gasteiger partial charge in [0, 0.05) is 6.92 Å². The molecular weight excluding hydrogens is 172 g/mol. The fourth-order valence-corrected chi connectivity index (χ4v) is 1.10. The molecule has 4 nitrogen and oxygen atoms in total. The van der Waals surface area contributed by atoms with Gasteiger partial charge in [-0.2, -0.15) is 0 Å². The Balaban J connectivity index is 2.91. The van der Waals surface area contributed by atoms with E-state index in [1.165, 1.54) is 13.0 Å². The summed E-state index contributed by atoms with van der Waals surface area (Å²) in [5, 5.41) is 8.74. The molecule has 0 atom stereocenters. The second-order valence-corrected chi connectivity index (χ2v) is 2.68. The van der Waals surface area contributed by atoms with Gasteiger partial charge in [0.1, 0.15) is 5.76 Å². The van der Waals surface area contributed by atoms with E-state index in [-0.39, 0.29) is 11.3 Å². The minimum Gasteiger partial charge on any atom is -0.478 e. The first-order chi connectivity index (χ1) is 6.11. The molecule has 0 bridgehead atoms. The summed E-state index contributed by atoms with van der Waals surface area (Å²) in [6.07, 6.45) is 4.39. The van der Waals surface area contributed by atoms with Crippen molar-refractivity contribution in [3.8, 4) is 0 Å². The summed E-state index contributed by atoms with van der Waals surface area (Å²) in [5.41, 5.74) is 0.165. The van der Waals surface area contributed by atoms with Gasteiger partial charge in [-0.05, 0) is 18.9 Å². The van der Waals surface area contributed by atoms with Crippen molar-refractivity contribution in [2.75, 3.05) is 0 Å². The highest BCUT2D eigenvalue weighted by Gasteiger charge is 2.17. The number of allylic oxidation sites excluding steroid dienone is 2. The standard InChI is InChI=1S/C9H10O4/c1-6(10)13-8-5-3-2-4-7(8)9(11)12/h3,5H,2,4H2,1H3,(H,11,12). The Hall–Kier alpha value is -1.58. The highest BCUT2D eigenvalue weighted by atomic mass is 16.5. The van der Waals surface area contributed by atoms with E-state index in [0.717, 1.165) is 0 Å². The number of hydrogen-bond donors (Lipinski definition) is 1. The molecule has 0 heterocycles. The van der Waals surface area contributed by atoms with Gasteiger partial charge in [-0.1, -0.05) is 6.08 Å². The SMILES string of the molecule is CC(=O)OC1=C(C(=O)O)CCC=C1. The molecule has 0 aromatic rings. The van der Waals surface area contributed by atoms with Crippen molar-refractivity contribution in [2.45, 2.75) is 19.8 Å². The molecule has 0 unspecified atom stereocenters. The minimum atomic E-state index is -1.03. The van der Waals surface area contributed by atoms with Crippen molar-refractivity contribution >= 4 is 11.9 Å². The second-order valence-electron chi connectivity index (χ2n) is 2.68. The molecule has 1 rings (SSSR count). The van der Waals surface area contributed by atoms with E-state index in [1.807, 2.05) is 0 Å². The van der Waals surface area contributed by atoms with E-state index in [4.69, 9.17) is 9.84 Å². The Kier molecular flexibility index (Phi) is 2.84. The zero-order chi connectivity index (χ0) is 9.84. The van der Waals surface area contributed by atoms with Crippen LogP contribution < -0.4 is 0 Å². The van der Waals surface area contributed by atoms with Gasteiger partial charge < -0.3 is 9.84 Å². The average Bonchev–Trinajstić information content (AvgIpc) is 2.03. The van der Waals surface area contributed by atoms with Gasteiger partial charge in [0.25, 0.3) is 0 Å². The van der Waals surface area contributed by atoms with E-state index >= 15 is 0 Å². The van der Waals surface area contributed by atoms with Crippen LogP contribution in [0.5, 0.6) is 0 Å². The highest BCUT2D eigenvalue weighted by Crippen LogP contribution is 2.20. The first-order valence-corrected chi connectivity index (χ1v) is 3.92. The van der Waals surface area contributed by atoms with E-state index < -0.39 is 11.9 Å². The van der Waals surface area contributed by atoms with E-state index in [2.05, 4.69) is 0 Å². The van der Waals surface area contributed by atoms with Gasteiger partial charge >= 0.3 is 11.9 Å². The van der Waals surface area contributed by atoms with Crippen LogP contribution in [0.1, 0.15) is 19.8 Å². The molecule has 0 amide bonds. The molecule has 70 valence electrons. The molecule has 0 saturated heterocycles. The van der Waals surface area contributed by atoms with Crippen molar-refractivity contribution in [1.82, 2.24) is 0 Å². The van der Waals surface area contributed by atoms with Gasteiger partial charge in [-0.15, -0.1) is 0 Å². The zero-order valence-corrected chi connectivity index (χ0v) is 7.24. The van der Waals surface area contributed by atoms with Crippen molar-refractivity contribution in [3.63, 3.8) is 0 Å². The lowest BCUT2D eigenvalue weighted by molar-refractivity contribution is -0.137. The summed E-state index contributed by atoms with van der Waals surface area (Å²) in [6.45, 7) is 1.24. The molecular formula is C9H10O4.